The Hall–Kier alpha value is -2.51. The highest BCUT2D eigenvalue weighted by atomic mass is 19.3. The van der Waals surface area contributed by atoms with E-state index in [1.165, 1.54) is 0 Å². The van der Waals surface area contributed by atoms with Crippen molar-refractivity contribution >= 4 is 23.5 Å². The summed E-state index contributed by atoms with van der Waals surface area (Å²) in [5.74, 6) is -2.72. The third-order valence-corrected chi connectivity index (χ3v) is 4.74. The van der Waals surface area contributed by atoms with Crippen LogP contribution in [-0.2, 0) is 4.74 Å². The highest BCUT2D eigenvalue weighted by Crippen LogP contribution is 2.41. The first-order valence-electron chi connectivity index (χ1n) is 9.29. The predicted molar refractivity (Wildman–Crippen MR) is 98.4 cm³/mol. The number of nitrogens with zero attached hydrogens (tertiary/aromatic N) is 1. The van der Waals surface area contributed by atoms with Crippen molar-refractivity contribution in [3.8, 4) is 0 Å². The lowest BCUT2D eigenvalue weighted by Gasteiger charge is -2.33. The SMILES string of the molecule is CC(C)(C)OC(=O)N[C@H](c1nc2cc(C=O)ccc2o1)C1CCC(F)(F)CC1. The molecular weight excluding hydrogens is 370 g/mol. The Morgan fingerprint density at radius 3 is 2.64 bits per heavy atom. The van der Waals surface area contributed by atoms with Gasteiger partial charge in [0.05, 0.1) is 0 Å². The fourth-order valence-electron chi connectivity index (χ4n) is 3.38. The zero-order valence-electron chi connectivity index (χ0n) is 16.1. The van der Waals surface area contributed by atoms with Crippen molar-refractivity contribution in [2.75, 3.05) is 0 Å². The Labute approximate surface area is 161 Å². The van der Waals surface area contributed by atoms with E-state index in [-0.39, 0.29) is 37.5 Å². The Bertz CT molecular complexity index is 863. The van der Waals surface area contributed by atoms with Crippen LogP contribution < -0.4 is 5.32 Å². The van der Waals surface area contributed by atoms with Crippen molar-refractivity contribution in [1.29, 1.82) is 0 Å². The summed E-state index contributed by atoms with van der Waals surface area (Å²) in [5.41, 5.74) is 0.671. The summed E-state index contributed by atoms with van der Waals surface area (Å²) in [6, 6.07) is 4.10. The number of carbonyl (C=O) groups is 2. The number of nitrogens with one attached hydrogen (secondary N) is 1. The van der Waals surface area contributed by atoms with E-state index in [2.05, 4.69) is 10.3 Å². The van der Waals surface area contributed by atoms with Crippen LogP contribution in [-0.4, -0.2) is 28.9 Å². The van der Waals surface area contributed by atoms with Gasteiger partial charge in [-0.05, 0) is 57.7 Å². The molecule has 1 saturated carbocycles. The molecule has 6 nitrogen and oxygen atoms in total. The molecule has 0 saturated heterocycles. The zero-order valence-corrected chi connectivity index (χ0v) is 16.1. The van der Waals surface area contributed by atoms with Crippen LogP contribution in [0.3, 0.4) is 0 Å². The molecular formula is C20H24F2N2O4. The maximum absolute atomic E-state index is 13.6. The van der Waals surface area contributed by atoms with Crippen LogP contribution in [0, 0.1) is 5.92 Å². The lowest BCUT2D eigenvalue weighted by Crippen LogP contribution is -2.40. The first-order chi connectivity index (χ1) is 13.1. The second kappa shape index (κ2) is 7.48. The van der Waals surface area contributed by atoms with Crippen molar-refractivity contribution in [1.82, 2.24) is 10.3 Å². The number of alkyl halides is 2. The molecule has 1 aromatic heterocycles. The molecule has 1 heterocycles. The standard InChI is InChI=1S/C20H24F2N2O4/c1-19(2,3)28-18(26)24-16(13-6-8-20(21,22)9-7-13)17-23-14-10-12(11-25)4-5-15(14)27-17/h4-5,10-11,13,16H,6-9H2,1-3H3,(H,24,26)/t16-/m0/s1. The van der Waals surface area contributed by atoms with Gasteiger partial charge in [0.1, 0.15) is 23.4 Å². The summed E-state index contributed by atoms with van der Waals surface area (Å²) in [7, 11) is 0. The summed E-state index contributed by atoms with van der Waals surface area (Å²) in [4.78, 5) is 27.7. The molecule has 1 atom stereocenters. The monoisotopic (exact) mass is 394 g/mol. The van der Waals surface area contributed by atoms with Crippen LogP contribution in [0.1, 0.15) is 68.7 Å². The summed E-state index contributed by atoms with van der Waals surface area (Å²) < 4.78 is 38.3. The molecule has 0 spiro atoms. The van der Waals surface area contributed by atoms with Crippen molar-refractivity contribution in [3.63, 3.8) is 0 Å². The number of rotatable bonds is 4. The van der Waals surface area contributed by atoms with Crippen molar-refractivity contribution < 1.29 is 27.5 Å². The molecule has 8 heteroatoms. The van der Waals surface area contributed by atoms with Crippen LogP contribution in [0.2, 0.25) is 0 Å². The largest absolute Gasteiger partial charge is 0.444 e. The van der Waals surface area contributed by atoms with Gasteiger partial charge in [0, 0.05) is 18.4 Å². The van der Waals surface area contributed by atoms with E-state index < -0.39 is 23.7 Å². The second-order valence-electron chi connectivity index (χ2n) is 8.21. The third-order valence-electron chi connectivity index (χ3n) is 4.74. The number of halogens is 2. The van der Waals surface area contributed by atoms with E-state index in [0.717, 1.165) is 0 Å². The van der Waals surface area contributed by atoms with E-state index >= 15 is 0 Å². The van der Waals surface area contributed by atoms with Gasteiger partial charge < -0.3 is 14.5 Å². The topological polar surface area (TPSA) is 81.4 Å². The second-order valence-corrected chi connectivity index (χ2v) is 8.21. The van der Waals surface area contributed by atoms with Crippen LogP contribution in [0.4, 0.5) is 13.6 Å². The lowest BCUT2D eigenvalue weighted by atomic mass is 9.82. The average molecular weight is 394 g/mol. The van der Waals surface area contributed by atoms with Gasteiger partial charge in [0.15, 0.2) is 5.58 Å². The van der Waals surface area contributed by atoms with E-state index in [9.17, 15) is 18.4 Å². The molecule has 0 radical (unpaired) electrons. The Morgan fingerprint density at radius 2 is 2.04 bits per heavy atom. The molecule has 152 valence electrons. The number of hydrogen-bond donors (Lipinski definition) is 1. The average Bonchev–Trinajstić information content (AvgIpc) is 3.01. The molecule has 0 bridgehead atoms. The highest BCUT2D eigenvalue weighted by molar-refractivity contribution is 5.83. The number of aldehydes is 1. The maximum atomic E-state index is 13.6. The highest BCUT2D eigenvalue weighted by Gasteiger charge is 2.40. The van der Waals surface area contributed by atoms with Crippen LogP contribution in [0.5, 0.6) is 0 Å². The number of oxazole rings is 1. The molecule has 1 aliphatic carbocycles. The molecule has 1 aliphatic rings. The van der Waals surface area contributed by atoms with Gasteiger partial charge in [-0.2, -0.15) is 0 Å². The zero-order chi connectivity index (χ0) is 20.5. The Balaban J connectivity index is 1.89. The number of carbonyl (C=O) groups excluding carboxylic acids is 2. The minimum Gasteiger partial charge on any atom is -0.444 e. The number of amides is 1. The summed E-state index contributed by atoms with van der Waals surface area (Å²) in [6.45, 7) is 5.22. The summed E-state index contributed by atoms with van der Waals surface area (Å²) >= 11 is 0. The van der Waals surface area contributed by atoms with Gasteiger partial charge in [-0.25, -0.2) is 18.6 Å². The number of hydrogen-bond acceptors (Lipinski definition) is 5. The molecule has 0 aliphatic heterocycles. The molecule has 1 aromatic carbocycles. The molecule has 2 aromatic rings. The maximum Gasteiger partial charge on any atom is 0.408 e. The van der Waals surface area contributed by atoms with Gasteiger partial charge in [-0.1, -0.05) is 0 Å². The number of fused-ring (bicyclic) bond motifs is 1. The Kier molecular flexibility index (Phi) is 5.41. The molecule has 1 N–H and O–H groups in total. The number of ether oxygens (including phenoxy) is 1. The smallest absolute Gasteiger partial charge is 0.408 e. The van der Waals surface area contributed by atoms with E-state index in [1.54, 1.807) is 39.0 Å². The molecule has 1 amide bonds. The van der Waals surface area contributed by atoms with Crippen molar-refractivity contribution in [2.45, 2.75) is 64.0 Å². The number of benzene rings is 1. The number of aromatic nitrogens is 1. The quantitative estimate of drug-likeness (QED) is 0.736. The minimum absolute atomic E-state index is 0.221. The Morgan fingerprint density at radius 1 is 1.36 bits per heavy atom. The first kappa shape index (κ1) is 20.2. The normalized spacial score (nSPS) is 18.6. The van der Waals surface area contributed by atoms with Gasteiger partial charge in [0.2, 0.25) is 11.8 Å². The van der Waals surface area contributed by atoms with Gasteiger partial charge in [0.25, 0.3) is 0 Å². The third kappa shape index (κ3) is 4.85. The first-order valence-corrected chi connectivity index (χ1v) is 9.29. The lowest BCUT2D eigenvalue weighted by molar-refractivity contribution is -0.0509. The van der Waals surface area contributed by atoms with E-state index in [0.29, 0.717) is 22.9 Å². The minimum atomic E-state index is -2.69. The molecule has 0 unspecified atom stereocenters. The summed E-state index contributed by atoms with van der Waals surface area (Å²) in [5, 5.41) is 2.74. The van der Waals surface area contributed by atoms with E-state index in [4.69, 9.17) is 9.15 Å². The van der Waals surface area contributed by atoms with E-state index in [1.807, 2.05) is 0 Å². The van der Waals surface area contributed by atoms with Crippen molar-refractivity contribution in [3.05, 3.63) is 29.7 Å². The van der Waals surface area contributed by atoms with Gasteiger partial charge >= 0.3 is 6.09 Å². The predicted octanol–water partition coefficient (Wildman–Crippen LogP) is 5.03. The van der Waals surface area contributed by atoms with Crippen LogP contribution >= 0.6 is 0 Å². The van der Waals surface area contributed by atoms with Gasteiger partial charge in [-0.15, -0.1) is 0 Å². The van der Waals surface area contributed by atoms with Crippen LogP contribution in [0.25, 0.3) is 11.1 Å². The fraction of sp³-hybridized carbons (Fsp3) is 0.550. The fourth-order valence-corrected chi connectivity index (χ4v) is 3.38. The molecule has 3 rings (SSSR count). The number of alkyl carbamates (subject to hydrolysis) is 1. The van der Waals surface area contributed by atoms with Gasteiger partial charge in [-0.3, -0.25) is 4.79 Å². The van der Waals surface area contributed by atoms with Crippen LogP contribution in [0.15, 0.2) is 22.6 Å². The molecule has 1 fully saturated rings. The molecule has 28 heavy (non-hydrogen) atoms. The summed E-state index contributed by atoms with van der Waals surface area (Å²) in [6.07, 6.45) is -0.00431. The van der Waals surface area contributed by atoms with Crippen molar-refractivity contribution in [2.24, 2.45) is 5.92 Å².